The monoisotopic (exact) mass is 312 g/mol. The molecule has 0 amide bonds. The van der Waals surface area contributed by atoms with Crippen molar-refractivity contribution in [3.05, 3.63) is 23.8 Å². The molecule has 6 heteroatoms. The van der Waals surface area contributed by atoms with E-state index in [1.807, 2.05) is 33.9 Å². The van der Waals surface area contributed by atoms with Crippen LogP contribution in [-0.4, -0.2) is 36.1 Å². The summed E-state index contributed by atoms with van der Waals surface area (Å²) in [6.07, 6.45) is 4.36. The molecule has 1 rings (SSSR count). The Morgan fingerprint density at radius 2 is 1.81 bits per heavy atom. The van der Waals surface area contributed by atoms with Gasteiger partial charge in [-0.15, -0.1) is 0 Å². The van der Waals surface area contributed by atoms with Crippen molar-refractivity contribution in [3.8, 4) is 0 Å². The van der Waals surface area contributed by atoms with Crippen molar-refractivity contribution in [2.45, 2.75) is 51.4 Å². The fraction of sp³-hybridized carbons (Fsp3) is 0.600. The van der Waals surface area contributed by atoms with Crippen molar-refractivity contribution in [2.75, 3.05) is 0 Å². The standard InChI is InChI=1S/C15H24O5Si/c1-10-11(12(16)17)8-7-9-15(10,13(18)19)20-21(5,6)14(2,3)4/h7-10H,1-6H3,(H,16,17)(H,18,19). The van der Waals surface area contributed by atoms with Gasteiger partial charge in [-0.25, -0.2) is 9.59 Å². The van der Waals surface area contributed by atoms with E-state index in [4.69, 9.17) is 4.43 Å². The fourth-order valence-electron chi connectivity index (χ4n) is 2.07. The maximum atomic E-state index is 11.9. The molecule has 0 saturated carbocycles. The smallest absolute Gasteiger partial charge is 0.339 e. The van der Waals surface area contributed by atoms with Gasteiger partial charge in [0.1, 0.15) is 0 Å². The minimum absolute atomic E-state index is 0.0543. The zero-order chi connectivity index (χ0) is 16.6. The van der Waals surface area contributed by atoms with Gasteiger partial charge in [0.15, 0.2) is 13.9 Å². The van der Waals surface area contributed by atoms with E-state index in [9.17, 15) is 19.8 Å². The summed E-state index contributed by atoms with van der Waals surface area (Å²) in [7, 11) is -2.39. The third-order valence-electron chi connectivity index (χ3n) is 4.54. The summed E-state index contributed by atoms with van der Waals surface area (Å²) in [5, 5.41) is 18.8. The Morgan fingerprint density at radius 3 is 2.19 bits per heavy atom. The minimum atomic E-state index is -2.39. The summed E-state index contributed by atoms with van der Waals surface area (Å²) in [6.45, 7) is 11.5. The lowest BCUT2D eigenvalue weighted by molar-refractivity contribution is -0.155. The Morgan fingerprint density at radius 1 is 1.29 bits per heavy atom. The first-order chi connectivity index (χ1) is 9.35. The van der Waals surface area contributed by atoms with Crippen LogP contribution in [0.25, 0.3) is 0 Å². The summed E-state index contributed by atoms with van der Waals surface area (Å²) in [6, 6.07) is 0. The average molecular weight is 312 g/mol. The van der Waals surface area contributed by atoms with Crippen LogP contribution < -0.4 is 0 Å². The van der Waals surface area contributed by atoms with Crippen molar-refractivity contribution >= 4 is 20.3 Å². The van der Waals surface area contributed by atoms with Crippen LogP contribution in [0.5, 0.6) is 0 Å². The Balaban J connectivity index is 3.31. The van der Waals surface area contributed by atoms with Crippen LogP contribution in [0.4, 0.5) is 0 Å². The second-order valence-electron chi connectivity index (χ2n) is 6.97. The number of hydrogen-bond donors (Lipinski definition) is 2. The number of carboxylic acids is 2. The van der Waals surface area contributed by atoms with Crippen LogP contribution in [0.3, 0.4) is 0 Å². The molecule has 2 atom stereocenters. The van der Waals surface area contributed by atoms with Gasteiger partial charge in [-0.3, -0.25) is 0 Å². The van der Waals surface area contributed by atoms with Crippen molar-refractivity contribution in [1.82, 2.24) is 0 Å². The Bertz CT molecular complexity index is 513. The fourth-order valence-corrected chi connectivity index (χ4v) is 3.55. The van der Waals surface area contributed by atoms with Crippen molar-refractivity contribution in [3.63, 3.8) is 0 Å². The van der Waals surface area contributed by atoms with Crippen LogP contribution >= 0.6 is 0 Å². The first-order valence-corrected chi connectivity index (χ1v) is 9.82. The number of carboxylic acid groups (broad SMARTS) is 2. The number of aliphatic carboxylic acids is 2. The van der Waals surface area contributed by atoms with Crippen molar-refractivity contribution in [1.29, 1.82) is 0 Å². The highest BCUT2D eigenvalue weighted by Crippen LogP contribution is 2.43. The molecule has 118 valence electrons. The van der Waals surface area contributed by atoms with E-state index in [1.165, 1.54) is 18.2 Å². The molecule has 2 unspecified atom stereocenters. The van der Waals surface area contributed by atoms with Gasteiger partial charge in [0.2, 0.25) is 0 Å². The Hall–Kier alpha value is -1.40. The van der Waals surface area contributed by atoms with Gasteiger partial charge in [-0.05, 0) is 24.2 Å². The molecule has 0 aliphatic heterocycles. The van der Waals surface area contributed by atoms with Gasteiger partial charge in [0.25, 0.3) is 0 Å². The topological polar surface area (TPSA) is 83.8 Å². The first-order valence-electron chi connectivity index (χ1n) is 6.91. The van der Waals surface area contributed by atoms with Gasteiger partial charge in [-0.2, -0.15) is 0 Å². The van der Waals surface area contributed by atoms with Gasteiger partial charge in [0.05, 0.1) is 0 Å². The average Bonchev–Trinajstić information content (AvgIpc) is 2.29. The van der Waals surface area contributed by atoms with Crippen molar-refractivity contribution < 1.29 is 24.2 Å². The quantitative estimate of drug-likeness (QED) is 0.779. The molecule has 0 heterocycles. The molecule has 0 radical (unpaired) electrons. The van der Waals surface area contributed by atoms with Gasteiger partial charge in [-0.1, -0.05) is 39.8 Å². The molecule has 2 N–H and O–H groups in total. The van der Waals surface area contributed by atoms with Crippen LogP contribution in [0, 0.1) is 5.92 Å². The molecule has 0 fully saturated rings. The highest BCUT2D eigenvalue weighted by Gasteiger charge is 2.53. The van der Waals surface area contributed by atoms with E-state index in [2.05, 4.69) is 0 Å². The zero-order valence-electron chi connectivity index (χ0n) is 13.4. The van der Waals surface area contributed by atoms with E-state index >= 15 is 0 Å². The lowest BCUT2D eigenvalue weighted by Crippen LogP contribution is -2.57. The maximum Gasteiger partial charge on any atom is 0.339 e. The molecule has 0 bridgehead atoms. The molecule has 0 spiro atoms. The second kappa shape index (κ2) is 5.42. The summed E-state index contributed by atoms with van der Waals surface area (Å²) in [4.78, 5) is 23.2. The summed E-state index contributed by atoms with van der Waals surface area (Å²) >= 11 is 0. The van der Waals surface area contributed by atoms with Crippen molar-refractivity contribution in [2.24, 2.45) is 5.92 Å². The number of carbonyl (C=O) groups is 2. The zero-order valence-corrected chi connectivity index (χ0v) is 14.4. The Labute approximate surface area is 126 Å². The molecule has 0 saturated heterocycles. The number of hydrogen-bond acceptors (Lipinski definition) is 3. The van der Waals surface area contributed by atoms with E-state index in [0.717, 1.165) is 0 Å². The molecule has 0 aromatic carbocycles. The molecular formula is C15H24O5Si. The summed E-state index contributed by atoms with van der Waals surface area (Å²) < 4.78 is 6.13. The maximum absolute atomic E-state index is 11.9. The first kappa shape index (κ1) is 17.6. The van der Waals surface area contributed by atoms with Gasteiger partial charge in [0, 0.05) is 11.5 Å². The van der Waals surface area contributed by atoms with Crippen LogP contribution in [0.2, 0.25) is 18.1 Å². The third-order valence-corrected chi connectivity index (χ3v) is 9.00. The third kappa shape index (κ3) is 3.11. The SMILES string of the molecule is CC1C(C(=O)O)=CC=CC1(O[Si](C)(C)C(C)(C)C)C(=O)O. The highest BCUT2D eigenvalue weighted by molar-refractivity contribution is 6.74. The molecule has 1 aliphatic carbocycles. The molecular weight excluding hydrogens is 288 g/mol. The normalized spacial score (nSPS) is 26.4. The van der Waals surface area contributed by atoms with Crippen LogP contribution in [-0.2, 0) is 14.0 Å². The second-order valence-corrected chi connectivity index (χ2v) is 11.7. The molecule has 0 aromatic rings. The van der Waals surface area contributed by atoms with Crippen LogP contribution in [0.15, 0.2) is 23.8 Å². The van der Waals surface area contributed by atoms with E-state index < -0.39 is 31.8 Å². The molecule has 5 nitrogen and oxygen atoms in total. The number of allylic oxidation sites excluding steroid dienone is 2. The summed E-state index contributed by atoms with van der Waals surface area (Å²) in [5.74, 6) is -3.02. The van der Waals surface area contributed by atoms with Gasteiger partial charge >= 0.3 is 11.9 Å². The summed E-state index contributed by atoms with van der Waals surface area (Å²) in [5.41, 5.74) is -1.57. The van der Waals surface area contributed by atoms with E-state index in [0.29, 0.717) is 0 Å². The van der Waals surface area contributed by atoms with E-state index in [-0.39, 0.29) is 10.6 Å². The lowest BCUT2D eigenvalue weighted by atomic mass is 9.79. The molecule has 21 heavy (non-hydrogen) atoms. The number of rotatable bonds is 4. The highest BCUT2D eigenvalue weighted by atomic mass is 28.4. The Kier molecular flexibility index (Phi) is 4.55. The van der Waals surface area contributed by atoms with Gasteiger partial charge < -0.3 is 14.6 Å². The largest absolute Gasteiger partial charge is 0.479 e. The predicted octanol–water partition coefficient (Wildman–Crippen LogP) is 3.05. The predicted molar refractivity (Wildman–Crippen MR) is 82.7 cm³/mol. The molecule has 0 aromatic heterocycles. The minimum Gasteiger partial charge on any atom is -0.479 e. The van der Waals surface area contributed by atoms with Crippen LogP contribution in [0.1, 0.15) is 27.7 Å². The van der Waals surface area contributed by atoms with E-state index in [1.54, 1.807) is 6.92 Å². The molecule has 1 aliphatic rings. The lowest BCUT2D eigenvalue weighted by Gasteiger charge is -2.45.